The molecule has 7 heteroatoms. The molecule has 0 radical (unpaired) electrons. The summed E-state index contributed by atoms with van der Waals surface area (Å²) in [6.45, 7) is 3.64. The number of carbonyl (C=O) groups is 1. The highest BCUT2D eigenvalue weighted by atomic mass is 35.5. The van der Waals surface area contributed by atoms with Crippen molar-refractivity contribution in [1.29, 1.82) is 0 Å². The average molecular weight is 393 g/mol. The zero-order valence-electron chi connectivity index (χ0n) is 13.4. The fourth-order valence-corrected chi connectivity index (χ4v) is 3.57. The van der Waals surface area contributed by atoms with E-state index in [1.807, 2.05) is 26.0 Å². The molecule has 1 amide bonds. The molecular weight excluding hydrogens is 379 g/mol. The molecule has 0 bridgehead atoms. The van der Waals surface area contributed by atoms with E-state index in [-0.39, 0.29) is 11.7 Å². The molecule has 0 unspecified atom stereocenters. The number of aromatic hydroxyl groups is 1. The van der Waals surface area contributed by atoms with Gasteiger partial charge in [-0.25, -0.2) is 4.99 Å². The van der Waals surface area contributed by atoms with Gasteiger partial charge in [-0.2, -0.15) is 0 Å². The van der Waals surface area contributed by atoms with Crippen LogP contribution in [0.5, 0.6) is 5.75 Å². The molecule has 2 aromatic carbocycles. The number of phenolic OH excluding ortho intramolecular Hbond substituents is 1. The third-order valence-electron chi connectivity index (χ3n) is 3.62. The Labute approximate surface area is 159 Å². The predicted molar refractivity (Wildman–Crippen MR) is 105 cm³/mol. The van der Waals surface area contributed by atoms with Crippen molar-refractivity contribution in [3.05, 3.63) is 62.0 Å². The molecule has 0 saturated carbocycles. The molecule has 1 fully saturated rings. The predicted octanol–water partition coefficient (Wildman–Crippen LogP) is 5.21. The number of nitrogens with one attached hydrogen (secondary N) is 1. The third-order valence-corrected chi connectivity index (χ3v) is 5.33. The van der Waals surface area contributed by atoms with Crippen LogP contribution in [0.3, 0.4) is 0 Å². The Morgan fingerprint density at radius 1 is 1.20 bits per heavy atom. The van der Waals surface area contributed by atoms with Crippen LogP contribution in [-0.2, 0) is 4.79 Å². The van der Waals surface area contributed by atoms with Crippen molar-refractivity contribution in [3.8, 4) is 5.75 Å². The van der Waals surface area contributed by atoms with Gasteiger partial charge in [0.2, 0.25) is 0 Å². The van der Waals surface area contributed by atoms with Gasteiger partial charge in [0.15, 0.2) is 5.17 Å². The van der Waals surface area contributed by atoms with Crippen LogP contribution in [-0.4, -0.2) is 16.2 Å². The largest absolute Gasteiger partial charge is 0.507 e. The Hall–Kier alpha value is -1.95. The number of aliphatic imine (C=N–C) groups is 1. The van der Waals surface area contributed by atoms with Crippen LogP contribution in [0.15, 0.2) is 40.2 Å². The van der Waals surface area contributed by atoms with Gasteiger partial charge in [-0.3, -0.25) is 4.79 Å². The number of amidine groups is 1. The first-order chi connectivity index (χ1) is 11.8. The zero-order chi connectivity index (χ0) is 18.1. The molecule has 0 aliphatic carbocycles. The molecule has 4 nitrogen and oxygen atoms in total. The quantitative estimate of drug-likeness (QED) is 0.689. The number of nitrogens with zero attached hydrogens (tertiary/aromatic N) is 1. The van der Waals surface area contributed by atoms with Crippen LogP contribution in [0.2, 0.25) is 10.0 Å². The van der Waals surface area contributed by atoms with Gasteiger partial charge < -0.3 is 10.4 Å². The molecule has 1 saturated heterocycles. The first-order valence-electron chi connectivity index (χ1n) is 7.39. The van der Waals surface area contributed by atoms with Crippen LogP contribution in [0.25, 0.3) is 6.08 Å². The van der Waals surface area contributed by atoms with E-state index in [1.165, 1.54) is 11.8 Å². The van der Waals surface area contributed by atoms with Gasteiger partial charge in [0, 0.05) is 0 Å². The minimum atomic E-state index is -0.231. The van der Waals surface area contributed by atoms with E-state index in [9.17, 15) is 9.90 Å². The van der Waals surface area contributed by atoms with Crippen LogP contribution in [0.1, 0.15) is 16.7 Å². The van der Waals surface area contributed by atoms with Crippen molar-refractivity contribution in [2.45, 2.75) is 13.8 Å². The average Bonchev–Trinajstić information content (AvgIpc) is 2.89. The molecule has 25 heavy (non-hydrogen) atoms. The molecule has 1 aliphatic heterocycles. The number of benzene rings is 2. The summed E-state index contributed by atoms with van der Waals surface area (Å²) in [7, 11) is 0. The lowest BCUT2D eigenvalue weighted by Gasteiger charge is -2.05. The lowest BCUT2D eigenvalue weighted by atomic mass is 10.1. The van der Waals surface area contributed by atoms with Gasteiger partial charge in [0.1, 0.15) is 5.75 Å². The van der Waals surface area contributed by atoms with E-state index in [4.69, 9.17) is 23.2 Å². The van der Waals surface area contributed by atoms with E-state index >= 15 is 0 Å². The van der Waals surface area contributed by atoms with Crippen molar-refractivity contribution in [1.82, 2.24) is 5.32 Å². The molecule has 2 N–H and O–H groups in total. The van der Waals surface area contributed by atoms with E-state index in [1.54, 1.807) is 24.3 Å². The van der Waals surface area contributed by atoms with Gasteiger partial charge in [-0.1, -0.05) is 29.3 Å². The van der Waals surface area contributed by atoms with E-state index in [2.05, 4.69) is 10.3 Å². The smallest absolute Gasteiger partial charge is 0.264 e. The highest BCUT2D eigenvalue weighted by molar-refractivity contribution is 8.18. The van der Waals surface area contributed by atoms with Gasteiger partial charge in [0.25, 0.3) is 5.91 Å². The molecule has 1 aliphatic rings. The molecule has 0 aromatic heterocycles. The fourth-order valence-electron chi connectivity index (χ4n) is 2.39. The Kier molecular flexibility index (Phi) is 5.08. The second kappa shape index (κ2) is 7.12. The number of amides is 1. The molecule has 0 spiro atoms. The van der Waals surface area contributed by atoms with Gasteiger partial charge >= 0.3 is 0 Å². The Morgan fingerprint density at radius 2 is 1.88 bits per heavy atom. The lowest BCUT2D eigenvalue weighted by molar-refractivity contribution is -0.115. The molecule has 3 rings (SSSR count). The second-order valence-electron chi connectivity index (χ2n) is 5.56. The monoisotopic (exact) mass is 392 g/mol. The number of aryl methyl sites for hydroxylation is 2. The number of thioether (sulfide) groups is 1. The minimum absolute atomic E-state index is 0.231. The van der Waals surface area contributed by atoms with Crippen LogP contribution >= 0.6 is 35.0 Å². The lowest BCUT2D eigenvalue weighted by Crippen LogP contribution is -2.19. The molecule has 128 valence electrons. The zero-order valence-corrected chi connectivity index (χ0v) is 15.8. The maximum atomic E-state index is 12.2. The highest BCUT2D eigenvalue weighted by Gasteiger charge is 2.24. The Bertz CT molecular complexity index is 916. The summed E-state index contributed by atoms with van der Waals surface area (Å²) in [6.07, 6.45) is 1.77. The number of phenols is 1. The summed E-state index contributed by atoms with van der Waals surface area (Å²) in [5.74, 6) is 0.0359. The molecule has 2 aromatic rings. The number of rotatable bonds is 2. The SMILES string of the molecule is Cc1cc(/C=C2\SC(=Nc3cccc(Cl)c3Cl)NC2=O)cc(C)c1O. The van der Waals surface area contributed by atoms with Crippen LogP contribution in [0.4, 0.5) is 5.69 Å². The number of hydrogen-bond donors (Lipinski definition) is 2. The van der Waals surface area contributed by atoms with Gasteiger partial charge in [0.05, 0.1) is 20.6 Å². The summed E-state index contributed by atoms with van der Waals surface area (Å²) in [4.78, 5) is 17.1. The Morgan fingerprint density at radius 3 is 2.56 bits per heavy atom. The number of hydrogen-bond acceptors (Lipinski definition) is 4. The van der Waals surface area contributed by atoms with Gasteiger partial charge in [-0.15, -0.1) is 0 Å². The first kappa shape index (κ1) is 17.9. The van der Waals surface area contributed by atoms with Crippen molar-refractivity contribution in [2.75, 3.05) is 0 Å². The van der Waals surface area contributed by atoms with E-state index in [0.29, 0.717) is 25.8 Å². The minimum Gasteiger partial charge on any atom is -0.507 e. The van der Waals surface area contributed by atoms with Crippen molar-refractivity contribution in [3.63, 3.8) is 0 Å². The van der Waals surface area contributed by atoms with Crippen LogP contribution < -0.4 is 5.32 Å². The highest BCUT2D eigenvalue weighted by Crippen LogP contribution is 2.35. The Balaban J connectivity index is 1.90. The molecule has 1 heterocycles. The number of halogens is 2. The number of carbonyl (C=O) groups excluding carboxylic acids is 1. The summed E-state index contributed by atoms with van der Waals surface area (Å²) < 4.78 is 0. The second-order valence-corrected chi connectivity index (χ2v) is 7.37. The van der Waals surface area contributed by atoms with E-state index in [0.717, 1.165) is 16.7 Å². The summed E-state index contributed by atoms with van der Waals surface area (Å²) in [6, 6.07) is 8.79. The maximum Gasteiger partial charge on any atom is 0.264 e. The molecular formula is C18H14Cl2N2O2S. The summed E-state index contributed by atoms with van der Waals surface area (Å²) in [5.41, 5.74) is 2.85. The molecule has 0 atom stereocenters. The van der Waals surface area contributed by atoms with Gasteiger partial charge in [-0.05, 0) is 72.6 Å². The summed E-state index contributed by atoms with van der Waals surface area (Å²) >= 11 is 13.3. The van der Waals surface area contributed by atoms with E-state index < -0.39 is 0 Å². The third kappa shape index (κ3) is 3.84. The van der Waals surface area contributed by atoms with Crippen molar-refractivity contribution < 1.29 is 9.90 Å². The fraction of sp³-hybridized carbons (Fsp3) is 0.111. The topological polar surface area (TPSA) is 61.7 Å². The maximum absolute atomic E-state index is 12.2. The van der Waals surface area contributed by atoms with Crippen molar-refractivity contribution >= 4 is 57.8 Å². The normalized spacial score (nSPS) is 17.4. The standard InChI is InChI=1S/C18H14Cl2N2O2S/c1-9-6-11(7-10(2)16(9)23)8-14-17(24)22-18(25-14)21-13-5-3-4-12(19)15(13)20/h3-8,23H,1-2H3,(H,21,22,24)/b14-8-. The van der Waals surface area contributed by atoms with Crippen molar-refractivity contribution in [2.24, 2.45) is 4.99 Å². The first-order valence-corrected chi connectivity index (χ1v) is 8.96. The van der Waals surface area contributed by atoms with Crippen LogP contribution in [0, 0.1) is 13.8 Å². The summed E-state index contributed by atoms with van der Waals surface area (Å²) in [5, 5.41) is 13.8.